The van der Waals surface area contributed by atoms with Gasteiger partial charge in [0.15, 0.2) is 0 Å². The summed E-state index contributed by atoms with van der Waals surface area (Å²) in [6.45, 7) is 4.39. The minimum Gasteiger partial charge on any atom is -0.207 e. The van der Waals surface area contributed by atoms with E-state index in [1.165, 1.54) is 68.9 Å². The summed E-state index contributed by atoms with van der Waals surface area (Å²) in [5.74, 6) is -0.969. The van der Waals surface area contributed by atoms with Crippen molar-refractivity contribution in [2.75, 3.05) is 0 Å². The minimum absolute atomic E-state index is 0.00299. The lowest BCUT2D eigenvalue weighted by atomic mass is 9.77. The molecule has 0 heterocycles. The first kappa shape index (κ1) is 26.9. The molecule has 0 atom stereocenters. The monoisotopic (exact) mass is 468 g/mol. The molecule has 2 aromatic carbocycles. The Morgan fingerprint density at radius 2 is 1.24 bits per heavy atom. The molecule has 2 heteroatoms. The van der Waals surface area contributed by atoms with Gasteiger partial charge in [-0.2, -0.15) is 0 Å². The van der Waals surface area contributed by atoms with E-state index in [4.69, 9.17) is 0 Å². The maximum atomic E-state index is 14.3. The topological polar surface area (TPSA) is 0 Å². The number of hydrogen-bond donors (Lipinski definition) is 0. The molecule has 0 saturated heterocycles. The van der Waals surface area contributed by atoms with E-state index in [1.54, 1.807) is 0 Å². The standard InChI is InChI=1S/C32H46F2/c1-3-5-7-9-11-26-12-16-28(17-13-26)30-20-22-31(23-21-30)29-18-14-27(15-19-29)25-32(33,34)24-10-8-6-4-2/h14-15,18-23,26,28H,3-13,16-17,24-25H2,1-2H3/t26-,28-. The van der Waals surface area contributed by atoms with Crippen LogP contribution in [-0.2, 0) is 6.42 Å². The first-order valence-corrected chi connectivity index (χ1v) is 14.1. The van der Waals surface area contributed by atoms with Gasteiger partial charge in [0.1, 0.15) is 0 Å². The lowest BCUT2D eigenvalue weighted by Crippen LogP contribution is -2.19. The Balaban J connectivity index is 1.47. The van der Waals surface area contributed by atoms with Crippen LogP contribution in [0.2, 0.25) is 0 Å². The summed E-state index contributed by atoms with van der Waals surface area (Å²) >= 11 is 0. The van der Waals surface area contributed by atoms with Gasteiger partial charge < -0.3 is 0 Å². The van der Waals surface area contributed by atoms with Crippen molar-refractivity contribution in [1.82, 2.24) is 0 Å². The Labute approximate surface area is 207 Å². The van der Waals surface area contributed by atoms with Crippen molar-refractivity contribution in [2.45, 2.75) is 122 Å². The average Bonchev–Trinajstić information content (AvgIpc) is 2.85. The van der Waals surface area contributed by atoms with E-state index in [0.717, 1.165) is 36.3 Å². The molecule has 1 saturated carbocycles. The summed E-state index contributed by atoms with van der Waals surface area (Å²) in [7, 11) is 0. The second-order valence-corrected chi connectivity index (χ2v) is 10.7. The SMILES string of the molecule is CCCCCCC(F)(F)Cc1ccc(-c2ccc([C@H]3CC[C@H](CCCCCC)CC3)cc2)cc1. The summed E-state index contributed by atoms with van der Waals surface area (Å²) in [6, 6.07) is 16.8. The molecule has 2 aromatic rings. The third-order valence-electron chi connectivity index (χ3n) is 7.84. The van der Waals surface area contributed by atoms with Crippen LogP contribution in [0.4, 0.5) is 8.78 Å². The van der Waals surface area contributed by atoms with Crippen molar-refractivity contribution in [3.05, 3.63) is 59.7 Å². The van der Waals surface area contributed by atoms with Gasteiger partial charge in [0, 0.05) is 12.8 Å². The molecule has 188 valence electrons. The zero-order valence-electron chi connectivity index (χ0n) is 21.6. The molecule has 0 radical (unpaired) electrons. The van der Waals surface area contributed by atoms with Crippen LogP contribution in [-0.4, -0.2) is 5.92 Å². The van der Waals surface area contributed by atoms with Gasteiger partial charge in [-0.15, -0.1) is 0 Å². The molecule has 1 aliphatic rings. The second kappa shape index (κ2) is 14.0. The summed E-state index contributed by atoms with van der Waals surface area (Å²) < 4.78 is 28.6. The van der Waals surface area contributed by atoms with Gasteiger partial charge in [-0.25, -0.2) is 8.78 Å². The van der Waals surface area contributed by atoms with Crippen molar-refractivity contribution in [3.8, 4) is 11.1 Å². The van der Waals surface area contributed by atoms with Gasteiger partial charge in [0.05, 0.1) is 0 Å². The maximum absolute atomic E-state index is 14.3. The van der Waals surface area contributed by atoms with Gasteiger partial charge in [-0.3, -0.25) is 0 Å². The van der Waals surface area contributed by atoms with Crippen molar-refractivity contribution >= 4 is 0 Å². The summed E-state index contributed by atoms with van der Waals surface area (Å²) in [5, 5.41) is 0. The van der Waals surface area contributed by atoms with E-state index in [0.29, 0.717) is 12.3 Å². The Hall–Kier alpha value is -1.70. The molecular weight excluding hydrogens is 422 g/mol. The van der Waals surface area contributed by atoms with E-state index in [-0.39, 0.29) is 12.8 Å². The Morgan fingerprint density at radius 1 is 0.676 bits per heavy atom. The van der Waals surface area contributed by atoms with E-state index in [2.05, 4.69) is 38.1 Å². The molecule has 3 rings (SSSR count). The fourth-order valence-corrected chi connectivity index (χ4v) is 5.60. The molecule has 1 aliphatic carbocycles. The van der Waals surface area contributed by atoms with Crippen LogP contribution in [0.3, 0.4) is 0 Å². The van der Waals surface area contributed by atoms with Crippen molar-refractivity contribution < 1.29 is 8.78 Å². The molecule has 0 aliphatic heterocycles. The van der Waals surface area contributed by atoms with Crippen LogP contribution >= 0.6 is 0 Å². The van der Waals surface area contributed by atoms with E-state index >= 15 is 0 Å². The molecule has 0 amide bonds. The Kier molecular flexibility index (Phi) is 11.1. The van der Waals surface area contributed by atoms with Gasteiger partial charge in [0.2, 0.25) is 0 Å². The highest BCUT2D eigenvalue weighted by Crippen LogP contribution is 2.38. The number of hydrogen-bond acceptors (Lipinski definition) is 0. The summed E-state index contributed by atoms with van der Waals surface area (Å²) in [6.07, 6.45) is 15.8. The lowest BCUT2D eigenvalue weighted by molar-refractivity contribution is -0.00948. The lowest BCUT2D eigenvalue weighted by Gasteiger charge is -2.29. The summed E-state index contributed by atoms with van der Waals surface area (Å²) in [5.41, 5.74) is 4.48. The quantitative estimate of drug-likeness (QED) is 0.242. The van der Waals surface area contributed by atoms with Gasteiger partial charge in [-0.1, -0.05) is 114 Å². The highest BCUT2D eigenvalue weighted by molar-refractivity contribution is 5.64. The molecule has 34 heavy (non-hydrogen) atoms. The van der Waals surface area contributed by atoms with E-state index in [1.807, 2.05) is 24.3 Å². The number of alkyl halides is 2. The molecule has 0 unspecified atom stereocenters. The largest absolute Gasteiger partial charge is 0.252 e. The number of unbranched alkanes of at least 4 members (excludes halogenated alkanes) is 6. The molecule has 0 aromatic heterocycles. The van der Waals surface area contributed by atoms with E-state index in [9.17, 15) is 8.78 Å². The third kappa shape index (κ3) is 8.82. The van der Waals surface area contributed by atoms with Crippen LogP contribution in [0.1, 0.15) is 121 Å². The predicted molar refractivity (Wildman–Crippen MR) is 143 cm³/mol. The van der Waals surface area contributed by atoms with Crippen LogP contribution in [0.5, 0.6) is 0 Å². The molecule has 1 fully saturated rings. The van der Waals surface area contributed by atoms with Gasteiger partial charge in [-0.05, 0) is 66.2 Å². The van der Waals surface area contributed by atoms with Crippen molar-refractivity contribution in [2.24, 2.45) is 5.92 Å². The van der Waals surface area contributed by atoms with Gasteiger partial charge in [0.25, 0.3) is 5.92 Å². The number of halogens is 2. The number of benzene rings is 2. The second-order valence-electron chi connectivity index (χ2n) is 10.7. The summed E-state index contributed by atoms with van der Waals surface area (Å²) in [4.78, 5) is 0. The molecule has 0 N–H and O–H groups in total. The maximum Gasteiger partial charge on any atom is 0.252 e. The van der Waals surface area contributed by atoms with Crippen LogP contribution in [0.15, 0.2) is 48.5 Å². The number of rotatable bonds is 14. The smallest absolute Gasteiger partial charge is 0.207 e. The van der Waals surface area contributed by atoms with Crippen molar-refractivity contribution in [1.29, 1.82) is 0 Å². The average molecular weight is 469 g/mol. The normalized spacial score (nSPS) is 18.8. The van der Waals surface area contributed by atoms with Gasteiger partial charge >= 0.3 is 0 Å². The first-order valence-electron chi connectivity index (χ1n) is 14.1. The third-order valence-corrected chi connectivity index (χ3v) is 7.84. The van der Waals surface area contributed by atoms with Crippen molar-refractivity contribution in [3.63, 3.8) is 0 Å². The van der Waals surface area contributed by atoms with Crippen LogP contribution in [0, 0.1) is 5.92 Å². The fourth-order valence-electron chi connectivity index (χ4n) is 5.60. The zero-order valence-corrected chi connectivity index (χ0v) is 21.6. The highest BCUT2D eigenvalue weighted by atomic mass is 19.3. The molecule has 0 spiro atoms. The van der Waals surface area contributed by atoms with Crippen LogP contribution < -0.4 is 0 Å². The Bertz CT molecular complexity index is 798. The molecule has 0 nitrogen and oxygen atoms in total. The zero-order chi connectivity index (χ0) is 24.2. The Morgan fingerprint density at radius 3 is 1.82 bits per heavy atom. The van der Waals surface area contributed by atoms with E-state index < -0.39 is 5.92 Å². The predicted octanol–water partition coefficient (Wildman–Crippen LogP) is 10.7. The molecular formula is C32H46F2. The highest BCUT2D eigenvalue weighted by Gasteiger charge is 2.28. The fraction of sp³-hybridized carbons (Fsp3) is 0.625. The van der Waals surface area contributed by atoms with Crippen LogP contribution in [0.25, 0.3) is 11.1 Å². The first-order chi connectivity index (χ1) is 16.5. The molecule has 0 bridgehead atoms. The minimum atomic E-state index is -2.61.